The molecule has 0 aliphatic carbocycles. The molecule has 1 aromatic heterocycles. The second-order valence-electron chi connectivity index (χ2n) is 3.94. The van der Waals surface area contributed by atoms with Crippen LogP contribution >= 0.6 is 0 Å². The Hall–Kier alpha value is -1.78. The second-order valence-corrected chi connectivity index (χ2v) is 3.94. The van der Waals surface area contributed by atoms with E-state index in [0.717, 1.165) is 12.8 Å². The first-order valence-electron chi connectivity index (χ1n) is 5.64. The molecule has 0 unspecified atom stereocenters. The van der Waals surface area contributed by atoms with Crippen molar-refractivity contribution in [1.82, 2.24) is 5.32 Å². The highest BCUT2D eigenvalue weighted by molar-refractivity contribution is 5.95. The summed E-state index contributed by atoms with van der Waals surface area (Å²) < 4.78 is 5.01. The highest BCUT2D eigenvalue weighted by Gasteiger charge is 2.22. The van der Waals surface area contributed by atoms with Crippen LogP contribution in [0.25, 0.3) is 0 Å². The number of nitrogens with one attached hydrogen (secondary N) is 1. The van der Waals surface area contributed by atoms with E-state index in [1.54, 1.807) is 13.0 Å². The van der Waals surface area contributed by atoms with Gasteiger partial charge in [-0.05, 0) is 19.4 Å². The third kappa shape index (κ3) is 3.62. The summed E-state index contributed by atoms with van der Waals surface area (Å²) in [5.41, 5.74) is 0.696. The zero-order chi connectivity index (χ0) is 12.8. The molecule has 0 bridgehead atoms. The molecule has 0 radical (unpaired) electrons. The third-order valence-electron chi connectivity index (χ3n) is 2.52. The number of carbonyl (C=O) groups excluding carboxylic acids is 1. The van der Waals surface area contributed by atoms with Gasteiger partial charge >= 0.3 is 5.97 Å². The first-order chi connectivity index (χ1) is 8.06. The maximum Gasteiger partial charge on any atom is 0.326 e. The van der Waals surface area contributed by atoms with Crippen molar-refractivity contribution in [3.05, 3.63) is 23.7 Å². The van der Waals surface area contributed by atoms with Crippen LogP contribution in [0, 0.1) is 6.92 Å². The van der Waals surface area contributed by atoms with E-state index in [1.807, 2.05) is 6.92 Å². The molecule has 17 heavy (non-hydrogen) atoms. The van der Waals surface area contributed by atoms with Crippen LogP contribution in [0.2, 0.25) is 0 Å². The fourth-order valence-corrected chi connectivity index (χ4v) is 1.49. The minimum absolute atomic E-state index is 0.174. The van der Waals surface area contributed by atoms with E-state index in [1.165, 1.54) is 6.26 Å². The number of carboxylic acid groups (broad SMARTS) is 1. The summed E-state index contributed by atoms with van der Waals surface area (Å²) in [5, 5.41) is 11.4. The summed E-state index contributed by atoms with van der Waals surface area (Å²) in [6, 6.07) is 0.809. The van der Waals surface area contributed by atoms with Crippen molar-refractivity contribution < 1.29 is 19.1 Å². The molecule has 0 aliphatic rings. The van der Waals surface area contributed by atoms with Crippen LogP contribution < -0.4 is 5.32 Å². The van der Waals surface area contributed by atoms with Gasteiger partial charge in [-0.1, -0.05) is 19.8 Å². The molecular weight excluding hydrogens is 222 g/mol. The van der Waals surface area contributed by atoms with Crippen LogP contribution in [0.15, 0.2) is 16.7 Å². The Morgan fingerprint density at radius 2 is 2.24 bits per heavy atom. The van der Waals surface area contributed by atoms with Gasteiger partial charge in [-0.25, -0.2) is 4.79 Å². The molecule has 0 fully saturated rings. The summed E-state index contributed by atoms with van der Waals surface area (Å²) in [6.45, 7) is 3.71. The second kappa shape index (κ2) is 6.08. The number of aliphatic carboxylic acids is 1. The van der Waals surface area contributed by atoms with Crippen LogP contribution in [0.5, 0.6) is 0 Å². The molecule has 0 spiro atoms. The molecule has 5 nitrogen and oxygen atoms in total. The zero-order valence-electron chi connectivity index (χ0n) is 10.0. The number of aryl methyl sites for hydroxylation is 1. The average molecular weight is 239 g/mol. The van der Waals surface area contributed by atoms with Gasteiger partial charge in [-0.15, -0.1) is 0 Å². The fourth-order valence-electron chi connectivity index (χ4n) is 1.49. The Labute approximate surface area is 99.8 Å². The van der Waals surface area contributed by atoms with E-state index in [9.17, 15) is 9.59 Å². The number of carboxylic acids is 1. The van der Waals surface area contributed by atoms with E-state index in [-0.39, 0.29) is 5.76 Å². The van der Waals surface area contributed by atoms with Crippen molar-refractivity contribution in [3.63, 3.8) is 0 Å². The number of furan rings is 1. The minimum atomic E-state index is -1.02. The number of hydrogen-bond acceptors (Lipinski definition) is 3. The number of rotatable bonds is 6. The SMILES string of the molecule is CCCC[C@H](NC(=O)c1occc1C)C(=O)O. The Balaban J connectivity index is 2.64. The van der Waals surface area contributed by atoms with Gasteiger partial charge in [0.05, 0.1) is 6.26 Å². The summed E-state index contributed by atoms with van der Waals surface area (Å²) in [6.07, 6.45) is 3.48. The summed E-state index contributed by atoms with van der Waals surface area (Å²) in [7, 11) is 0. The summed E-state index contributed by atoms with van der Waals surface area (Å²) >= 11 is 0. The van der Waals surface area contributed by atoms with Crippen molar-refractivity contribution in [2.24, 2.45) is 0 Å². The first kappa shape index (κ1) is 13.3. The molecule has 0 saturated carbocycles. The van der Waals surface area contributed by atoms with Crippen LogP contribution in [0.4, 0.5) is 0 Å². The lowest BCUT2D eigenvalue weighted by Gasteiger charge is -2.13. The maximum atomic E-state index is 11.7. The standard InChI is InChI=1S/C12H17NO4/c1-3-4-5-9(12(15)16)13-11(14)10-8(2)6-7-17-10/h6-7,9H,3-5H2,1-2H3,(H,13,14)(H,15,16)/t9-/m0/s1. The van der Waals surface area contributed by atoms with Gasteiger partial charge in [-0.2, -0.15) is 0 Å². The van der Waals surface area contributed by atoms with Gasteiger partial charge in [0.15, 0.2) is 5.76 Å². The molecule has 1 atom stereocenters. The molecule has 0 aromatic carbocycles. The number of unbranched alkanes of at least 4 members (excludes halogenated alkanes) is 1. The molecule has 2 N–H and O–H groups in total. The van der Waals surface area contributed by atoms with Gasteiger partial charge in [0, 0.05) is 5.56 Å². The van der Waals surface area contributed by atoms with Crippen molar-refractivity contribution >= 4 is 11.9 Å². The monoisotopic (exact) mass is 239 g/mol. The summed E-state index contributed by atoms with van der Waals surface area (Å²) in [5.74, 6) is -1.32. The van der Waals surface area contributed by atoms with Crippen molar-refractivity contribution in [2.45, 2.75) is 39.2 Å². The molecule has 1 rings (SSSR count). The summed E-state index contributed by atoms with van der Waals surface area (Å²) in [4.78, 5) is 22.7. The van der Waals surface area contributed by atoms with E-state index in [2.05, 4.69) is 5.32 Å². The molecule has 1 heterocycles. The lowest BCUT2D eigenvalue weighted by molar-refractivity contribution is -0.139. The number of amides is 1. The van der Waals surface area contributed by atoms with Crippen LogP contribution in [0.3, 0.4) is 0 Å². The van der Waals surface area contributed by atoms with Gasteiger partial charge in [-0.3, -0.25) is 4.79 Å². The van der Waals surface area contributed by atoms with Crippen molar-refractivity contribution in [2.75, 3.05) is 0 Å². The minimum Gasteiger partial charge on any atom is -0.480 e. The number of hydrogen-bond donors (Lipinski definition) is 2. The fraction of sp³-hybridized carbons (Fsp3) is 0.500. The van der Waals surface area contributed by atoms with Crippen LogP contribution in [-0.4, -0.2) is 23.0 Å². The predicted octanol–water partition coefficient (Wildman–Crippen LogP) is 1.96. The zero-order valence-corrected chi connectivity index (χ0v) is 10.0. The molecule has 1 amide bonds. The largest absolute Gasteiger partial charge is 0.480 e. The lowest BCUT2D eigenvalue weighted by atomic mass is 10.1. The van der Waals surface area contributed by atoms with E-state index in [4.69, 9.17) is 9.52 Å². The highest BCUT2D eigenvalue weighted by atomic mass is 16.4. The Morgan fingerprint density at radius 1 is 1.53 bits per heavy atom. The Morgan fingerprint density at radius 3 is 2.71 bits per heavy atom. The Kier molecular flexibility index (Phi) is 4.75. The predicted molar refractivity (Wildman–Crippen MR) is 61.9 cm³/mol. The lowest BCUT2D eigenvalue weighted by Crippen LogP contribution is -2.40. The van der Waals surface area contributed by atoms with E-state index < -0.39 is 17.9 Å². The van der Waals surface area contributed by atoms with Gasteiger partial charge in [0.25, 0.3) is 5.91 Å². The molecule has 1 aromatic rings. The van der Waals surface area contributed by atoms with E-state index >= 15 is 0 Å². The van der Waals surface area contributed by atoms with Crippen molar-refractivity contribution in [3.8, 4) is 0 Å². The normalized spacial score (nSPS) is 12.1. The molecule has 5 heteroatoms. The highest BCUT2D eigenvalue weighted by Crippen LogP contribution is 2.09. The van der Waals surface area contributed by atoms with Gasteiger partial charge < -0.3 is 14.8 Å². The molecule has 94 valence electrons. The van der Waals surface area contributed by atoms with Gasteiger partial charge in [0.2, 0.25) is 0 Å². The quantitative estimate of drug-likeness (QED) is 0.795. The van der Waals surface area contributed by atoms with Gasteiger partial charge in [0.1, 0.15) is 6.04 Å². The average Bonchev–Trinajstić information content (AvgIpc) is 2.70. The maximum absolute atomic E-state index is 11.7. The smallest absolute Gasteiger partial charge is 0.326 e. The third-order valence-corrected chi connectivity index (χ3v) is 2.52. The molecular formula is C12H17NO4. The van der Waals surface area contributed by atoms with Crippen LogP contribution in [0.1, 0.15) is 42.3 Å². The first-order valence-corrected chi connectivity index (χ1v) is 5.64. The van der Waals surface area contributed by atoms with Crippen LogP contribution in [-0.2, 0) is 4.79 Å². The Bertz CT molecular complexity index is 397. The van der Waals surface area contributed by atoms with E-state index in [0.29, 0.717) is 12.0 Å². The molecule has 0 aliphatic heterocycles. The van der Waals surface area contributed by atoms with Crippen molar-refractivity contribution in [1.29, 1.82) is 0 Å². The molecule has 0 saturated heterocycles. The topological polar surface area (TPSA) is 79.5 Å². The number of carbonyl (C=O) groups is 2.